The maximum absolute atomic E-state index is 12.9. The standard InChI is InChI=1S/C10H19F2NO/c1-9(7-13,14-2)8-3-5-10(11,12)6-4-8/h8H,3-7,13H2,1-2H3. The molecule has 14 heavy (non-hydrogen) atoms. The number of halogens is 2. The summed E-state index contributed by atoms with van der Waals surface area (Å²) in [7, 11) is 1.60. The van der Waals surface area contributed by atoms with E-state index in [0.717, 1.165) is 0 Å². The van der Waals surface area contributed by atoms with E-state index in [1.165, 1.54) is 0 Å². The minimum Gasteiger partial charge on any atom is -0.377 e. The van der Waals surface area contributed by atoms with Crippen molar-refractivity contribution in [3.63, 3.8) is 0 Å². The van der Waals surface area contributed by atoms with Gasteiger partial charge in [0.1, 0.15) is 0 Å². The summed E-state index contributed by atoms with van der Waals surface area (Å²) in [5.41, 5.74) is 5.17. The Morgan fingerprint density at radius 1 is 1.43 bits per heavy atom. The fourth-order valence-electron chi connectivity index (χ4n) is 2.07. The van der Waals surface area contributed by atoms with E-state index in [1.807, 2.05) is 6.92 Å². The monoisotopic (exact) mass is 207 g/mol. The Morgan fingerprint density at radius 2 is 1.93 bits per heavy atom. The molecule has 0 aliphatic heterocycles. The molecule has 0 radical (unpaired) electrons. The normalized spacial score (nSPS) is 27.2. The van der Waals surface area contributed by atoms with Gasteiger partial charge in [0.2, 0.25) is 5.92 Å². The summed E-state index contributed by atoms with van der Waals surface area (Å²) in [4.78, 5) is 0. The van der Waals surface area contributed by atoms with Gasteiger partial charge in [-0.3, -0.25) is 0 Å². The molecule has 0 aromatic heterocycles. The number of alkyl halides is 2. The molecule has 4 heteroatoms. The van der Waals surface area contributed by atoms with Gasteiger partial charge in [-0.1, -0.05) is 0 Å². The first-order valence-corrected chi connectivity index (χ1v) is 5.06. The number of rotatable bonds is 3. The van der Waals surface area contributed by atoms with Gasteiger partial charge in [0.05, 0.1) is 5.60 Å². The maximum Gasteiger partial charge on any atom is 0.248 e. The molecule has 1 saturated carbocycles. The van der Waals surface area contributed by atoms with Crippen LogP contribution in [0.5, 0.6) is 0 Å². The highest BCUT2D eigenvalue weighted by molar-refractivity contribution is 4.90. The van der Waals surface area contributed by atoms with Crippen LogP contribution >= 0.6 is 0 Å². The third-order valence-electron chi connectivity index (χ3n) is 3.45. The Balaban J connectivity index is 2.56. The van der Waals surface area contributed by atoms with Crippen LogP contribution in [0, 0.1) is 5.92 Å². The maximum atomic E-state index is 12.9. The van der Waals surface area contributed by atoms with Crippen LogP contribution in [-0.4, -0.2) is 25.2 Å². The molecule has 1 aliphatic rings. The lowest BCUT2D eigenvalue weighted by Gasteiger charge is -2.39. The first kappa shape index (κ1) is 11.9. The van der Waals surface area contributed by atoms with E-state index in [1.54, 1.807) is 7.11 Å². The second kappa shape index (κ2) is 4.11. The predicted octanol–water partition coefficient (Wildman–Crippen LogP) is 2.18. The van der Waals surface area contributed by atoms with Crippen molar-refractivity contribution >= 4 is 0 Å². The molecule has 2 nitrogen and oxygen atoms in total. The van der Waals surface area contributed by atoms with Crippen molar-refractivity contribution in [2.45, 2.75) is 44.1 Å². The van der Waals surface area contributed by atoms with E-state index in [0.29, 0.717) is 19.4 Å². The van der Waals surface area contributed by atoms with Crippen LogP contribution in [0.15, 0.2) is 0 Å². The Hall–Kier alpha value is -0.220. The molecule has 0 spiro atoms. The van der Waals surface area contributed by atoms with E-state index in [9.17, 15) is 8.78 Å². The van der Waals surface area contributed by atoms with Crippen LogP contribution in [0.1, 0.15) is 32.6 Å². The van der Waals surface area contributed by atoms with Gasteiger partial charge in [-0.15, -0.1) is 0 Å². The molecule has 1 fully saturated rings. The van der Waals surface area contributed by atoms with Gasteiger partial charge in [0.25, 0.3) is 0 Å². The summed E-state index contributed by atoms with van der Waals surface area (Å²) in [5.74, 6) is -2.31. The van der Waals surface area contributed by atoms with Crippen molar-refractivity contribution in [3.8, 4) is 0 Å². The molecule has 1 rings (SSSR count). The smallest absolute Gasteiger partial charge is 0.248 e. The summed E-state index contributed by atoms with van der Waals surface area (Å²) in [6.45, 7) is 2.29. The topological polar surface area (TPSA) is 35.2 Å². The van der Waals surface area contributed by atoms with Gasteiger partial charge in [0, 0.05) is 26.5 Å². The molecule has 0 bridgehead atoms. The summed E-state index contributed by atoms with van der Waals surface area (Å²) < 4.78 is 31.1. The first-order chi connectivity index (χ1) is 6.43. The minimum absolute atomic E-state index is 0.0311. The number of methoxy groups -OCH3 is 1. The third-order valence-corrected chi connectivity index (χ3v) is 3.45. The molecule has 0 amide bonds. The Bertz CT molecular complexity index is 183. The van der Waals surface area contributed by atoms with Gasteiger partial charge < -0.3 is 10.5 Å². The highest BCUT2D eigenvalue weighted by atomic mass is 19.3. The highest BCUT2D eigenvalue weighted by Gasteiger charge is 2.42. The molecule has 1 aliphatic carbocycles. The average Bonchev–Trinajstić information content (AvgIpc) is 2.16. The number of hydrogen-bond donors (Lipinski definition) is 1. The lowest BCUT2D eigenvalue weighted by atomic mass is 9.76. The fourth-order valence-corrected chi connectivity index (χ4v) is 2.07. The molecule has 84 valence electrons. The summed E-state index contributed by atoms with van der Waals surface area (Å²) in [6, 6.07) is 0. The molecule has 0 heterocycles. The summed E-state index contributed by atoms with van der Waals surface area (Å²) in [6.07, 6.45) is 0.955. The van der Waals surface area contributed by atoms with E-state index in [4.69, 9.17) is 10.5 Å². The van der Waals surface area contributed by atoms with E-state index in [-0.39, 0.29) is 18.8 Å². The summed E-state index contributed by atoms with van der Waals surface area (Å²) in [5, 5.41) is 0. The molecule has 2 N–H and O–H groups in total. The van der Waals surface area contributed by atoms with Gasteiger partial charge in [-0.25, -0.2) is 8.78 Å². The van der Waals surface area contributed by atoms with Crippen molar-refractivity contribution in [1.29, 1.82) is 0 Å². The van der Waals surface area contributed by atoms with Crippen molar-refractivity contribution in [2.75, 3.05) is 13.7 Å². The van der Waals surface area contributed by atoms with E-state index >= 15 is 0 Å². The second-order valence-electron chi connectivity index (χ2n) is 4.35. The predicted molar refractivity (Wildman–Crippen MR) is 51.4 cm³/mol. The zero-order valence-corrected chi connectivity index (χ0v) is 8.85. The van der Waals surface area contributed by atoms with Gasteiger partial charge >= 0.3 is 0 Å². The van der Waals surface area contributed by atoms with Crippen LogP contribution in [0.4, 0.5) is 8.78 Å². The lowest BCUT2D eigenvalue weighted by molar-refractivity contribution is -0.0984. The first-order valence-electron chi connectivity index (χ1n) is 5.06. The van der Waals surface area contributed by atoms with Crippen LogP contribution in [0.2, 0.25) is 0 Å². The largest absolute Gasteiger partial charge is 0.377 e. The molecule has 0 saturated heterocycles. The average molecular weight is 207 g/mol. The molecule has 0 aromatic rings. The highest BCUT2D eigenvalue weighted by Crippen LogP contribution is 2.41. The van der Waals surface area contributed by atoms with Crippen LogP contribution in [-0.2, 0) is 4.74 Å². The zero-order valence-electron chi connectivity index (χ0n) is 8.85. The molecule has 1 atom stereocenters. The summed E-state index contributed by atoms with van der Waals surface area (Å²) >= 11 is 0. The molecule has 0 aromatic carbocycles. The molecule has 1 unspecified atom stereocenters. The Morgan fingerprint density at radius 3 is 2.29 bits per heavy atom. The van der Waals surface area contributed by atoms with Crippen molar-refractivity contribution in [3.05, 3.63) is 0 Å². The van der Waals surface area contributed by atoms with Crippen molar-refractivity contribution < 1.29 is 13.5 Å². The van der Waals surface area contributed by atoms with Gasteiger partial charge in [-0.2, -0.15) is 0 Å². The Kier molecular flexibility index (Phi) is 3.48. The van der Waals surface area contributed by atoms with Gasteiger partial charge in [-0.05, 0) is 25.7 Å². The molecular weight excluding hydrogens is 188 g/mol. The second-order valence-corrected chi connectivity index (χ2v) is 4.35. The quantitative estimate of drug-likeness (QED) is 0.769. The van der Waals surface area contributed by atoms with Crippen molar-refractivity contribution in [1.82, 2.24) is 0 Å². The zero-order chi connectivity index (χ0) is 10.8. The van der Waals surface area contributed by atoms with Gasteiger partial charge in [0.15, 0.2) is 0 Å². The fraction of sp³-hybridized carbons (Fsp3) is 1.00. The molecular formula is C10H19F2NO. The Labute approximate surface area is 83.8 Å². The van der Waals surface area contributed by atoms with Crippen LogP contribution in [0.25, 0.3) is 0 Å². The van der Waals surface area contributed by atoms with Crippen molar-refractivity contribution in [2.24, 2.45) is 11.7 Å². The van der Waals surface area contributed by atoms with Crippen LogP contribution < -0.4 is 5.73 Å². The van der Waals surface area contributed by atoms with E-state index < -0.39 is 11.5 Å². The minimum atomic E-state index is -2.47. The SMILES string of the molecule is COC(C)(CN)C1CCC(F)(F)CC1. The number of hydrogen-bond acceptors (Lipinski definition) is 2. The lowest BCUT2D eigenvalue weighted by Crippen LogP contribution is -2.46. The number of nitrogens with two attached hydrogens (primary N) is 1. The van der Waals surface area contributed by atoms with Crippen LogP contribution in [0.3, 0.4) is 0 Å². The number of ether oxygens (including phenoxy) is 1. The van der Waals surface area contributed by atoms with E-state index in [2.05, 4.69) is 0 Å². The third kappa shape index (κ3) is 2.42.